The van der Waals surface area contributed by atoms with Crippen molar-refractivity contribution >= 4 is 28.9 Å². The average Bonchev–Trinajstić information content (AvgIpc) is 2.73. The first-order valence-corrected chi connectivity index (χ1v) is 11.0. The van der Waals surface area contributed by atoms with E-state index in [-0.39, 0.29) is 11.1 Å². The predicted molar refractivity (Wildman–Crippen MR) is 132 cm³/mol. The summed E-state index contributed by atoms with van der Waals surface area (Å²) in [6, 6.07) is 13.4. The topological polar surface area (TPSA) is 65.4 Å². The SMILES string of the molecule is CCOc1ccc(NC(=O)/C(C#N)=C\c2cc3c(cc2C)N(CC)C(C)(C)C=C3C)cc1. The third-order valence-corrected chi connectivity index (χ3v) is 5.77. The molecule has 0 spiro atoms. The number of carbonyl (C=O) groups excluding carboxylic acids is 1. The second-order valence-corrected chi connectivity index (χ2v) is 8.53. The monoisotopic (exact) mass is 429 g/mol. The first-order chi connectivity index (χ1) is 15.2. The Balaban J connectivity index is 1.91. The van der Waals surface area contributed by atoms with Gasteiger partial charge in [-0.25, -0.2) is 0 Å². The maximum Gasteiger partial charge on any atom is 0.266 e. The molecule has 0 saturated carbocycles. The number of hydrogen-bond donors (Lipinski definition) is 1. The van der Waals surface area contributed by atoms with Crippen molar-refractivity contribution in [3.05, 3.63) is 64.7 Å². The number of benzene rings is 2. The van der Waals surface area contributed by atoms with Gasteiger partial charge < -0.3 is 15.0 Å². The molecular formula is C27H31N3O2. The van der Waals surface area contributed by atoms with Gasteiger partial charge in [-0.3, -0.25) is 4.79 Å². The van der Waals surface area contributed by atoms with Crippen LogP contribution in [0.1, 0.15) is 51.3 Å². The Labute approximate surface area is 191 Å². The lowest BCUT2D eigenvalue weighted by atomic mass is 9.86. The van der Waals surface area contributed by atoms with Crippen molar-refractivity contribution in [2.75, 3.05) is 23.4 Å². The first kappa shape index (κ1) is 23.1. The molecule has 0 saturated heterocycles. The van der Waals surface area contributed by atoms with Crippen molar-refractivity contribution < 1.29 is 9.53 Å². The molecule has 1 aliphatic heterocycles. The molecule has 3 rings (SSSR count). The summed E-state index contributed by atoms with van der Waals surface area (Å²) in [5.41, 5.74) is 6.01. The zero-order valence-corrected chi connectivity index (χ0v) is 19.7. The summed E-state index contributed by atoms with van der Waals surface area (Å²) in [4.78, 5) is 15.1. The number of likely N-dealkylation sites (N-methyl/N-ethyl adjacent to an activating group) is 1. The summed E-state index contributed by atoms with van der Waals surface area (Å²) >= 11 is 0. The van der Waals surface area contributed by atoms with Crippen molar-refractivity contribution in [2.45, 2.75) is 47.1 Å². The molecule has 1 N–H and O–H groups in total. The van der Waals surface area contributed by atoms with Crippen LogP contribution in [0, 0.1) is 18.3 Å². The summed E-state index contributed by atoms with van der Waals surface area (Å²) in [6.45, 7) is 14.1. The summed E-state index contributed by atoms with van der Waals surface area (Å²) in [6.07, 6.45) is 3.94. The van der Waals surface area contributed by atoms with Gasteiger partial charge in [0, 0.05) is 23.5 Å². The predicted octanol–water partition coefficient (Wildman–Crippen LogP) is 5.96. The lowest BCUT2D eigenvalue weighted by molar-refractivity contribution is -0.112. The van der Waals surface area contributed by atoms with Gasteiger partial charge >= 0.3 is 0 Å². The standard InChI is InChI=1S/C27H31N3O2/c1-7-30-25-13-18(3)20(15-24(25)19(4)16-27(30,5)6)14-21(17-28)26(31)29-22-9-11-23(12-10-22)32-8-2/h9-16H,7-8H2,1-6H3,(H,29,31)/b21-14-. The van der Waals surface area contributed by atoms with Crippen molar-refractivity contribution in [2.24, 2.45) is 0 Å². The van der Waals surface area contributed by atoms with Gasteiger partial charge in [-0.1, -0.05) is 6.08 Å². The molecule has 0 radical (unpaired) electrons. The highest BCUT2D eigenvalue weighted by molar-refractivity contribution is 6.09. The Morgan fingerprint density at radius 3 is 2.47 bits per heavy atom. The average molecular weight is 430 g/mol. The van der Waals surface area contributed by atoms with E-state index in [2.05, 4.69) is 62.2 Å². The summed E-state index contributed by atoms with van der Waals surface area (Å²) in [5, 5.41) is 12.5. The highest BCUT2D eigenvalue weighted by Crippen LogP contribution is 2.40. The lowest BCUT2D eigenvalue weighted by Crippen LogP contribution is -2.44. The second kappa shape index (κ2) is 9.32. The van der Waals surface area contributed by atoms with Crippen LogP contribution >= 0.6 is 0 Å². The van der Waals surface area contributed by atoms with E-state index in [1.54, 1.807) is 30.3 Å². The normalized spacial score (nSPS) is 14.8. The highest BCUT2D eigenvalue weighted by Gasteiger charge is 2.30. The number of nitrogens with zero attached hydrogens (tertiary/aromatic N) is 2. The van der Waals surface area contributed by atoms with Gasteiger partial charge in [-0.15, -0.1) is 0 Å². The van der Waals surface area contributed by atoms with Crippen molar-refractivity contribution in [3.63, 3.8) is 0 Å². The molecule has 0 aliphatic carbocycles. The molecule has 0 bridgehead atoms. The van der Waals surface area contributed by atoms with Crippen molar-refractivity contribution in [1.29, 1.82) is 5.26 Å². The third-order valence-electron chi connectivity index (χ3n) is 5.77. The molecule has 166 valence electrons. The van der Waals surface area contributed by atoms with Crippen molar-refractivity contribution in [3.8, 4) is 11.8 Å². The number of nitriles is 1. The molecular weight excluding hydrogens is 398 g/mol. The molecule has 2 aromatic rings. The minimum atomic E-state index is -0.433. The number of rotatable bonds is 6. The fraction of sp³-hybridized carbons (Fsp3) is 0.333. The minimum Gasteiger partial charge on any atom is -0.494 e. The smallest absolute Gasteiger partial charge is 0.266 e. The number of hydrogen-bond acceptors (Lipinski definition) is 4. The Morgan fingerprint density at radius 2 is 1.88 bits per heavy atom. The molecule has 1 heterocycles. The van der Waals surface area contributed by atoms with E-state index in [1.165, 1.54) is 11.3 Å². The Morgan fingerprint density at radius 1 is 1.19 bits per heavy atom. The molecule has 0 atom stereocenters. The Kier molecular flexibility index (Phi) is 6.74. The van der Waals surface area contributed by atoms with E-state index in [9.17, 15) is 10.1 Å². The number of carbonyl (C=O) groups is 1. The van der Waals surface area contributed by atoms with Crippen LogP contribution in [0.3, 0.4) is 0 Å². The molecule has 0 unspecified atom stereocenters. The van der Waals surface area contributed by atoms with Gasteiger partial charge in [0.05, 0.1) is 12.1 Å². The van der Waals surface area contributed by atoms with Gasteiger partial charge in [0.1, 0.15) is 17.4 Å². The summed E-state index contributed by atoms with van der Waals surface area (Å²) in [5.74, 6) is 0.302. The van der Waals surface area contributed by atoms with Gasteiger partial charge in [0.25, 0.3) is 5.91 Å². The van der Waals surface area contributed by atoms with Gasteiger partial charge in [-0.2, -0.15) is 5.26 Å². The molecule has 0 fully saturated rings. The fourth-order valence-electron chi connectivity index (χ4n) is 4.28. The number of allylic oxidation sites excluding steroid dienone is 1. The van der Waals surface area contributed by atoms with E-state index in [4.69, 9.17) is 4.74 Å². The largest absolute Gasteiger partial charge is 0.494 e. The molecule has 0 aromatic heterocycles. The zero-order valence-electron chi connectivity index (χ0n) is 19.7. The second-order valence-electron chi connectivity index (χ2n) is 8.53. The maximum absolute atomic E-state index is 12.8. The number of nitrogens with one attached hydrogen (secondary N) is 1. The van der Waals surface area contributed by atoms with Crippen LogP contribution in [0.2, 0.25) is 0 Å². The summed E-state index contributed by atoms with van der Waals surface area (Å²) in [7, 11) is 0. The van der Waals surface area contributed by atoms with Crippen LogP contribution in [-0.2, 0) is 4.79 Å². The van der Waals surface area contributed by atoms with E-state index < -0.39 is 5.91 Å². The van der Waals surface area contributed by atoms with Crippen LogP contribution < -0.4 is 15.0 Å². The molecule has 2 aromatic carbocycles. The molecule has 1 aliphatic rings. The van der Waals surface area contributed by atoms with Crippen LogP contribution in [0.25, 0.3) is 11.6 Å². The number of amides is 1. The highest BCUT2D eigenvalue weighted by atomic mass is 16.5. The molecule has 5 nitrogen and oxygen atoms in total. The van der Waals surface area contributed by atoms with E-state index in [0.717, 1.165) is 29.0 Å². The number of aryl methyl sites for hydroxylation is 1. The van der Waals surface area contributed by atoms with E-state index in [1.807, 2.05) is 13.8 Å². The van der Waals surface area contributed by atoms with E-state index in [0.29, 0.717) is 12.3 Å². The molecule has 32 heavy (non-hydrogen) atoms. The quantitative estimate of drug-likeness (QED) is 0.454. The Hall–Kier alpha value is -3.52. The Bertz CT molecular complexity index is 1120. The van der Waals surface area contributed by atoms with Crippen LogP contribution in [-0.4, -0.2) is 24.6 Å². The van der Waals surface area contributed by atoms with Crippen molar-refractivity contribution in [1.82, 2.24) is 0 Å². The fourth-order valence-corrected chi connectivity index (χ4v) is 4.28. The minimum absolute atomic E-state index is 0.0621. The maximum atomic E-state index is 12.8. The zero-order chi connectivity index (χ0) is 23.5. The van der Waals surface area contributed by atoms with Crippen LogP contribution in [0.5, 0.6) is 5.75 Å². The van der Waals surface area contributed by atoms with E-state index >= 15 is 0 Å². The van der Waals surface area contributed by atoms with Gasteiger partial charge in [0.15, 0.2) is 0 Å². The van der Waals surface area contributed by atoms with Gasteiger partial charge in [0.2, 0.25) is 0 Å². The van der Waals surface area contributed by atoms with Crippen LogP contribution in [0.4, 0.5) is 11.4 Å². The van der Waals surface area contributed by atoms with Gasteiger partial charge in [-0.05, 0) is 101 Å². The van der Waals surface area contributed by atoms with Crippen LogP contribution in [0.15, 0.2) is 48.0 Å². The number of anilines is 2. The lowest BCUT2D eigenvalue weighted by Gasteiger charge is -2.43. The first-order valence-electron chi connectivity index (χ1n) is 11.0. The molecule has 5 heteroatoms. The number of fused-ring (bicyclic) bond motifs is 1. The number of ether oxygens (including phenoxy) is 1. The summed E-state index contributed by atoms with van der Waals surface area (Å²) < 4.78 is 5.42. The third kappa shape index (κ3) is 4.70. The molecule has 1 amide bonds.